The van der Waals surface area contributed by atoms with Crippen molar-refractivity contribution in [1.82, 2.24) is 9.80 Å². The van der Waals surface area contributed by atoms with Crippen molar-refractivity contribution < 1.29 is 19.1 Å². The minimum absolute atomic E-state index is 0.126. The van der Waals surface area contributed by atoms with Crippen molar-refractivity contribution >= 4 is 12.0 Å². The van der Waals surface area contributed by atoms with Crippen LogP contribution in [0.4, 0.5) is 4.79 Å². The Morgan fingerprint density at radius 3 is 2.56 bits per heavy atom. The SMILES string of the molecule is CCC[C@@]1(COC)CCCN1C(=O)[C@@H]1CCN(C(=O)OC(C)(C)C)C1. The summed E-state index contributed by atoms with van der Waals surface area (Å²) in [4.78, 5) is 29.1. The van der Waals surface area contributed by atoms with Gasteiger partial charge in [-0.1, -0.05) is 13.3 Å². The van der Waals surface area contributed by atoms with Gasteiger partial charge in [0.15, 0.2) is 0 Å². The van der Waals surface area contributed by atoms with Crippen molar-refractivity contribution in [2.24, 2.45) is 5.92 Å². The maximum atomic E-state index is 13.2. The molecular formula is C19H34N2O4. The smallest absolute Gasteiger partial charge is 0.410 e. The van der Waals surface area contributed by atoms with Crippen molar-refractivity contribution in [1.29, 1.82) is 0 Å². The van der Waals surface area contributed by atoms with Crippen LogP contribution in [-0.4, -0.2) is 66.3 Å². The molecule has 0 aromatic rings. The van der Waals surface area contributed by atoms with Gasteiger partial charge in [0.05, 0.1) is 18.1 Å². The van der Waals surface area contributed by atoms with Crippen molar-refractivity contribution in [3.63, 3.8) is 0 Å². The lowest BCUT2D eigenvalue weighted by Gasteiger charge is -2.39. The molecule has 2 amide bonds. The van der Waals surface area contributed by atoms with E-state index in [1.807, 2.05) is 25.7 Å². The van der Waals surface area contributed by atoms with Gasteiger partial charge in [-0.3, -0.25) is 4.79 Å². The zero-order valence-electron chi connectivity index (χ0n) is 16.5. The molecule has 6 nitrogen and oxygen atoms in total. The van der Waals surface area contributed by atoms with Crippen LogP contribution in [0.1, 0.15) is 59.8 Å². The largest absolute Gasteiger partial charge is 0.444 e. The molecule has 2 saturated heterocycles. The summed E-state index contributed by atoms with van der Waals surface area (Å²) < 4.78 is 10.9. The fourth-order valence-corrected chi connectivity index (χ4v) is 4.17. The molecule has 0 radical (unpaired) electrons. The summed E-state index contributed by atoms with van der Waals surface area (Å²) in [6, 6.07) is 0. The first-order chi connectivity index (χ1) is 11.7. The summed E-state index contributed by atoms with van der Waals surface area (Å²) in [5.74, 6) is 0.0489. The maximum Gasteiger partial charge on any atom is 0.410 e. The van der Waals surface area contributed by atoms with Gasteiger partial charge in [-0.2, -0.15) is 0 Å². The molecule has 6 heteroatoms. The molecule has 144 valence electrons. The number of ether oxygens (including phenoxy) is 2. The molecule has 0 bridgehead atoms. The average molecular weight is 354 g/mol. The number of methoxy groups -OCH3 is 1. The number of carbonyl (C=O) groups is 2. The molecule has 25 heavy (non-hydrogen) atoms. The van der Waals surface area contributed by atoms with Gasteiger partial charge < -0.3 is 19.3 Å². The molecule has 0 spiro atoms. The summed E-state index contributed by atoms with van der Waals surface area (Å²) >= 11 is 0. The van der Waals surface area contributed by atoms with E-state index in [2.05, 4.69) is 6.92 Å². The standard InChI is InChI=1S/C19H34N2O4/c1-6-9-19(14-24-5)10-7-11-21(19)16(22)15-8-12-20(13-15)17(23)25-18(2,3)4/h15H,6-14H2,1-5H3/t15-,19+/m1/s1. The fraction of sp³-hybridized carbons (Fsp3) is 0.895. The summed E-state index contributed by atoms with van der Waals surface area (Å²) in [5.41, 5.74) is -0.678. The van der Waals surface area contributed by atoms with Gasteiger partial charge in [-0.15, -0.1) is 0 Å². The van der Waals surface area contributed by atoms with Crippen LogP contribution in [-0.2, 0) is 14.3 Å². The van der Waals surface area contributed by atoms with Gasteiger partial charge in [-0.25, -0.2) is 4.79 Å². The molecular weight excluding hydrogens is 320 g/mol. The summed E-state index contributed by atoms with van der Waals surface area (Å²) in [6.45, 7) is 10.2. The Hall–Kier alpha value is -1.30. The minimum Gasteiger partial charge on any atom is -0.444 e. The highest BCUT2D eigenvalue weighted by molar-refractivity contribution is 5.82. The van der Waals surface area contributed by atoms with E-state index in [4.69, 9.17) is 9.47 Å². The molecule has 0 aromatic carbocycles. The van der Waals surface area contributed by atoms with Crippen LogP contribution < -0.4 is 0 Å². The Morgan fingerprint density at radius 1 is 1.24 bits per heavy atom. The molecule has 2 fully saturated rings. The minimum atomic E-state index is -0.511. The Labute approximate surface area is 151 Å². The van der Waals surface area contributed by atoms with E-state index in [0.717, 1.165) is 32.2 Å². The van der Waals surface area contributed by atoms with Crippen LogP contribution in [0.25, 0.3) is 0 Å². The number of rotatable bonds is 5. The number of amides is 2. The van der Waals surface area contributed by atoms with Crippen molar-refractivity contribution in [2.45, 2.75) is 70.9 Å². The van der Waals surface area contributed by atoms with Gasteiger partial charge in [0.1, 0.15) is 5.60 Å². The Bertz CT molecular complexity index is 480. The third kappa shape index (κ3) is 4.66. The monoisotopic (exact) mass is 354 g/mol. The summed E-state index contributed by atoms with van der Waals surface area (Å²) in [6.07, 6.45) is 4.42. The van der Waals surface area contributed by atoms with Gasteiger partial charge in [0.2, 0.25) is 5.91 Å². The highest BCUT2D eigenvalue weighted by Crippen LogP contribution is 2.36. The quantitative estimate of drug-likeness (QED) is 0.761. The Balaban J connectivity index is 2.02. The lowest BCUT2D eigenvalue weighted by molar-refractivity contribution is -0.141. The molecule has 0 aromatic heterocycles. The molecule has 0 N–H and O–H groups in total. The molecule has 2 atom stereocenters. The van der Waals surface area contributed by atoms with E-state index < -0.39 is 5.60 Å². The van der Waals surface area contributed by atoms with Crippen LogP contribution >= 0.6 is 0 Å². The molecule has 2 aliphatic rings. The predicted molar refractivity (Wildman–Crippen MR) is 96.4 cm³/mol. The first-order valence-electron chi connectivity index (χ1n) is 9.51. The van der Waals surface area contributed by atoms with Gasteiger partial charge in [0, 0.05) is 26.7 Å². The second-order valence-electron chi connectivity index (χ2n) is 8.41. The van der Waals surface area contributed by atoms with E-state index in [-0.39, 0.29) is 23.5 Å². The van der Waals surface area contributed by atoms with Crippen LogP contribution in [0.5, 0.6) is 0 Å². The molecule has 2 rings (SSSR count). The number of carbonyl (C=O) groups excluding carboxylic acids is 2. The predicted octanol–water partition coefficient (Wildman–Crippen LogP) is 3.05. The number of likely N-dealkylation sites (tertiary alicyclic amines) is 2. The molecule has 2 heterocycles. The average Bonchev–Trinajstić information content (AvgIpc) is 3.13. The summed E-state index contributed by atoms with van der Waals surface area (Å²) in [5, 5.41) is 0. The van der Waals surface area contributed by atoms with Crippen molar-refractivity contribution in [3.05, 3.63) is 0 Å². The van der Waals surface area contributed by atoms with Crippen molar-refractivity contribution in [2.75, 3.05) is 33.4 Å². The second-order valence-corrected chi connectivity index (χ2v) is 8.41. The van der Waals surface area contributed by atoms with Gasteiger partial charge in [0.25, 0.3) is 0 Å². The second kappa shape index (κ2) is 7.94. The number of nitrogens with zero attached hydrogens (tertiary/aromatic N) is 2. The van der Waals surface area contributed by atoms with E-state index in [9.17, 15) is 9.59 Å². The van der Waals surface area contributed by atoms with E-state index in [1.165, 1.54) is 0 Å². The zero-order chi connectivity index (χ0) is 18.7. The summed E-state index contributed by atoms with van der Waals surface area (Å²) in [7, 11) is 1.71. The highest BCUT2D eigenvalue weighted by atomic mass is 16.6. The van der Waals surface area contributed by atoms with Crippen molar-refractivity contribution in [3.8, 4) is 0 Å². The third-order valence-electron chi connectivity index (χ3n) is 5.18. The first-order valence-corrected chi connectivity index (χ1v) is 9.51. The normalized spacial score (nSPS) is 27.0. The maximum absolute atomic E-state index is 13.2. The van der Waals surface area contributed by atoms with E-state index in [1.54, 1.807) is 12.0 Å². The number of hydrogen-bond donors (Lipinski definition) is 0. The zero-order valence-corrected chi connectivity index (χ0v) is 16.5. The van der Waals surface area contributed by atoms with Crippen LogP contribution in [0.15, 0.2) is 0 Å². The molecule has 0 unspecified atom stereocenters. The fourth-order valence-electron chi connectivity index (χ4n) is 4.17. The lowest BCUT2D eigenvalue weighted by Crippen LogP contribution is -2.52. The lowest BCUT2D eigenvalue weighted by atomic mass is 9.90. The molecule has 0 aliphatic carbocycles. The topological polar surface area (TPSA) is 59.1 Å². The van der Waals surface area contributed by atoms with Crippen LogP contribution in [0, 0.1) is 5.92 Å². The first kappa shape index (κ1) is 20.0. The van der Waals surface area contributed by atoms with Gasteiger partial charge >= 0.3 is 6.09 Å². The van der Waals surface area contributed by atoms with Crippen LogP contribution in [0.3, 0.4) is 0 Å². The third-order valence-corrected chi connectivity index (χ3v) is 5.18. The number of hydrogen-bond acceptors (Lipinski definition) is 4. The molecule has 2 aliphatic heterocycles. The van der Waals surface area contributed by atoms with E-state index in [0.29, 0.717) is 26.1 Å². The Kier molecular flexibility index (Phi) is 6.35. The van der Waals surface area contributed by atoms with E-state index >= 15 is 0 Å². The highest BCUT2D eigenvalue weighted by Gasteiger charge is 2.46. The Morgan fingerprint density at radius 2 is 1.96 bits per heavy atom. The van der Waals surface area contributed by atoms with Gasteiger partial charge in [-0.05, 0) is 46.5 Å². The van der Waals surface area contributed by atoms with Crippen LogP contribution in [0.2, 0.25) is 0 Å². The molecule has 0 saturated carbocycles.